The number of para-hydroxylation sites is 1. The predicted octanol–water partition coefficient (Wildman–Crippen LogP) is 4.94. The van der Waals surface area contributed by atoms with Crippen molar-refractivity contribution in [2.45, 2.75) is 19.8 Å². The summed E-state index contributed by atoms with van der Waals surface area (Å²) in [5.41, 5.74) is 2.35. The highest BCUT2D eigenvalue weighted by atomic mass is 35.5. The minimum absolute atomic E-state index is 0. The smallest absolute Gasteiger partial charge is 0.280 e. The van der Waals surface area contributed by atoms with Crippen molar-refractivity contribution < 1.29 is 4.92 Å². The highest BCUT2D eigenvalue weighted by Gasteiger charge is 2.18. The molecule has 6 nitrogen and oxygen atoms in total. The monoisotopic (exact) mass is 410 g/mol. The Morgan fingerprint density at radius 1 is 1.00 bits per heavy atom. The fraction of sp³-hybridized carbons (Fsp3) is 0.316. The van der Waals surface area contributed by atoms with Crippen LogP contribution in [0.25, 0.3) is 21.8 Å². The van der Waals surface area contributed by atoms with E-state index in [1.807, 2.05) is 30.3 Å². The van der Waals surface area contributed by atoms with Crippen LogP contribution in [-0.2, 0) is 0 Å². The van der Waals surface area contributed by atoms with Crippen molar-refractivity contribution in [3.63, 3.8) is 0 Å². The van der Waals surface area contributed by atoms with Gasteiger partial charge < -0.3 is 10.6 Å². The van der Waals surface area contributed by atoms with E-state index in [1.54, 1.807) is 6.07 Å². The average molecular weight is 411 g/mol. The molecule has 0 bridgehead atoms. The zero-order valence-corrected chi connectivity index (χ0v) is 16.7. The molecule has 0 aliphatic carbocycles. The fourth-order valence-corrected chi connectivity index (χ4v) is 2.99. The number of aromatic nitrogens is 1. The van der Waals surface area contributed by atoms with Gasteiger partial charge in [0.15, 0.2) is 0 Å². The van der Waals surface area contributed by atoms with E-state index in [0.717, 1.165) is 49.1 Å². The van der Waals surface area contributed by atoms with Gasteiger partial charge in [-0.05, 0) is 38.1 Å². The van der Waals surface area contributed by atoms with E-state index < -0.39 is 0 Å². The van der Waals surface area contributed by atoms with E-state index in [1.165, 1.54) is 6.07 Å². The number of fused-ring (bicyclic) bond motifs is 2. The highest BCUT2D eigenvalue weighted by molar-refractivity contribution is 6.11. The summed E-state index contributed by atoms with van der Waals surface area (Å²) in [5.74, 6) is 0. The lowest BCUT2D eigenvalue weighted by molar-refractivity contribution is -0.383. The maximum Gasteiger partial charge on any atom is 0.280 e. The molecule has 0 aliphatic heterocycles. The van der Waals surface area contributed by atoms with Crippen molar-refractivity contribution in [3.8, 4) is 0 Å². The molecule has 0 radical (unpaired) electrons. The molecule has 2 aromatic carbocycles. The van der Waals surface area contributed by atoms with Gasteiger partial charge in [0, 0.05) is 18.0 Å². The van der Waals surface area contributed by atoms with Gasteiger partial charge in [-0.15, -0.1) is 24.8 Å². The van der Waals surface area contributed by atoms with Crippen LogP contribution in [0.1, 0.15) is 19.8 Å². The first-order valence-corrected chi connectivity index (χ1v) is 8.63. The Hall–Kier alpha value is -2.15. The van der Waals surface area contributed by atoms with Gasteiger partial charge >= 0.3 is 0 Å². The first-order chi connectivity index (χ1) is 12.2. The minimum atomic E-state index is -0.341. The molecular formula is C19H24Cl2N4O2. The molecule has 0 amide bonds. The molecule has 27 heavy (non-hydrogen) atoms. The van der Waals surface area contributed by atoms with E-state index in [-0.39, 0.29) is 35.4 Å². The number of pyridine rings is 1. The Kier molecular flexibility index (Phi) is 9.21. The van der Waals surface area contributed by atoms with E-state index >= 15 is 0 Å². The second-order valence-corrected chi connectivity index (χ2v) is 5.96. The van der Waals surface area contributed by atoms with Gasteiger partial charge in [-0.1, -0.05) is 31.2 Å². The van der Waals surface area contributed by atoms with E-state index in [9.17, 15) is 10.1 Å². The number of nitro benzene ring substituents is 1. The summed E-state index contributed by atoms with van der Waals surface area (Å²) in [4.78, 5) is 15.7. The van der Waals surface area contributed by atoms with Crippen LogP contribution in [0.5, 0.6) is 0 Å². The molecule has 2 N–H and O–H groups in total. The molecular weight excluding hydrogens is 387 g/mol. The molecule has 0 aliphatic rings. The average Bonchev–Trinajstić information content (AvgIpc) is 2.63. The van der Waals surface area contributed by atoms with Gasteiger partial charge in [-0.3, -0.25) is 10.1 Å². The molecule has 0 unspecified atom stereocenters. The van der Waals surface area contributed by atoms with Crippen LogP contribution in [-0.4, -0.2) is 29.5 Å². The maximum absolute atomic E-state index is 11.5. The second kappa shape index (κ2) is 10.9. The fourth-order valence-electron chi connectivity index (χ4n) is 2.99. The number of halogens is 2. The summed E-state index contributed by atoms with van der Waals surface area (Å²) in [5, 5.41) is 19.8. The zero-order valence-electron chi connectivity index (χ0n) is 15.1. The molecule has 3 aromatic rings. The number of nitro groups is 1. The van der Waals surface area contributed by atoms with E-state index in [4.69, 9.17) is 0 Å². The number of nitrogens with one attached hydrogen (secondary N) is 2. The van der Waals surface area contributed by atoms with E-state index in [2.05, 4.69) is 22.5 Å². The summed E-state index contributed by atoms with van der Waals surface area (Å²) in [6.07, 6.45) is 2.05. The lowest BCUT2D eigenvalue weighted by Gasteiger charge is -2.13. The largest absolute Gasteiger partial charge is 0.384 e. The van der Waals surface area contributed by atoms with Gasteiger partial charge in [0.2, 0.25) is 0 Å². The summed E-state index contributed by atoms with van der Waals surface area (Å²) >= 11 is 0. The van der Waals surface area contributed by atoms with Crippen LogP contribution < -0.4 is 10.6 Å². The van der Waals surface area contributed by atoms with Crippen LogP contribution in [0, 0.1) is 10.1 Å². The Bertz CT molecular complexity index is 905. The van der Waals surface area contributed by atoms with Crippen LogP contribution in [0.4, 0.5) is 11.4 Å². The Balaban J connectivity index is 0.00000182. The number of hydrogen-bond acceptors (Lipinski definition) is 5. The van der Waals surface area contributed by atoms with Crippen LogP contribution in [0.2, 0.25) is 0 Å². The lowest BCUT2D eigenvalue weighted by atomic mass is 10.1. The normalized spacial score (nSPS) is 10.3. The van der Waals surface area contributed by atoms with Crippen molar-refractivity contribution >= 4 is 58.0 Å². The molecule has 1 heterocycles. The Labute approximate surface area is 170 Å². The standard InChI is InChI=1S/C19H22N4O2.2ClH/c1-2-11-20-12-6-13-21-19-14-7-3-4-8-15(14)22-16-9-5-10-17(18(16)19)23(24)25;;/h3-5,7-10,20H,2,6,11-13H2,1H3,(H,21,22);2*1H. The third-order valence-electron chi connectivity index (χ3n) is 4.14. The molecule has 0 saturated carbocycles. The van der Waals surface area contributed by atoms with Crippen LogP contribution >= 0.6 is 24.8 Å². The Morgan fingerprint density at radius 2 is 1.74 bits per heavy atom. The minimum Gasteiger partial charge on any atom is -0.384 e. The quantitative estimate of drug-likeness (QED) is 0.238. The van der Waals surface area contributed by atoms with Gasteiger partial charge in [-0.25, -0.2) is 4.98 Å². The summed E-state index contributed by atoms with van der Waals surface area (Å²) in [6.45, 7) is 4.81. The number of non-ortho nitro benzene ring substituents is 1. The van der Waals surface area contributed by atoms with Crippen molar-refractivity contribution in [1.82, 2.24) is 10.3 Å². The number of anilines is 1. The third-order valence-corrected chi connectivity index (χ3v) is 4.14. The highest BCUT2D eigenvalue weighted by Crippen LogP contribution is 2.36. The van der Waals surface area contributed by atoms with Gasteiger partial charge in [0.05, 0.1) is 21.6 Å². The van der Waals surface area contributed by atoms with Crippen molar-refractivity contribution in [2.24, 2.45) is 0 Å². The topological polar surface area (TPSA) is 80.1 Å². The SMILES string of the molecule is CCCNCCCNc1c2ccccc2nc2cccc([N+](=O)[O-])c12.Cl.Cl. The van der Waals surface area contributed by atoms with E-state index in [0.29, 0.717) is 10.9 Å². The number of benzene rings is 2. The molecule has 0 atom stereocenters. The van der Waals surface area contributed by atoms with Crippen LogP contribution in [0.15, 0.2) is 42.5 Å². The maximum atomic E-state index is 11.5. The first-order valence-electron chi connectivity index (χ1n) is 8.63. The number of rotatable bonds is 8. The summed E-state index contributed by atoms with van der Waals surface area (Å²) in [7, 11) is 0. The first kappa shape index (κ1) is 22.9. The number of nitrogens with zero attached hydrogens (tertiary/aromatic N) is 2. The van der Waals surface area contributed by atoms with Crippen molar-refractivity contribution in [1.29, 1.82) is 0 Å². The molecule has 146 valence electrons. The zero-order chi connectivity index (χ0) is 17.6. The molecule has 3 rings (SSSR count). The van der Waals surface area contributed by atoms with Gasteiger partial charge in [0.1, 0.15) is 5.39 Å². The third kappa shape index (κ3) is 5.19. The van der Waals surface area contributed by atoms with Gasteiger partial charge in [0.25, 0.3) is 5.69 Å². The van der Waals surface area contributed by atoms with Crippen LogP contribution in [0.3, 0.4) is 0 Å². The second-order valence-electron chi connectivity index (χ2n) is 5.96. The van der Waals surface area contributed by atoms with Crippen molar-refractivity contribution in [2.75, 3.05) is 25.0 Å². The Morgan fingerprint density at radius 3 is 2.48 bits per heavy atom. The molecule has 1 aromatic heterocycles. The summed E-state index contributed by atoms with van der Waals surface area (Å²) < 4.78 is 0. The molecule has 0 saturated heterocycles. The lowest BCUT2D eigenvalue weighted by Crippen LogP contribution is -2.18. The van der Waals surface area contributed by atoms with Crippen molar-refractivity contribution in [3.05, 3.63) is 52.6 Å². The molecule has 0 spiro atoms. The predicted molar refractivity (Wildman–Crippen MR) is 117 cm³/mol. The molecule has 8 heteroatoms. The summed E-state index contributed by atoms with van der Waals surface area (Å²) in [6, 6.07) is 12.8. The van der Waals surface area contributed by atoms with Gasteiger partial charge in [-0.2, -0.15) is 0 Å². The number of hydrogen-bond donors (Lipinski definition) is 2. The molecule has 0 fully saturated rings.